The Balaban J connectivity index is 3.92. The SMILES string of the molecule is CCOC(=O)CC(C)S(=O)C(C)C. The number of rotatable bonds is 5. The quantitative estimate of drug-likeness (QED) is 0.640. The molecule has 0 aromatic carbocycles. The Bertz CT molecular complexity index is 189. The molecule has 0 saturated heterocycles. The van der Waals surface area contributed by atoms with Gasteiger partial charge in [0.25, 0.3) is 0 Å². The molecular formula is C9H18O3S. The average molecular weight is 206 g/mol. The summed E-state index contributed by atoms with van der Waals surface area (Å²) in [5.74, 6) is -0.260. The Morgan fingerprint density at radius 2 is 1.92 bits per heavy atom. The van der Waals surface area contributed by atoms with E-state index in [1.54, 1.807) is 6.92 Å². The maximum atomic E-state index is 11.5. The number of hydrogen-bond acceptors (Lipinski definition) is 3. The lowest BCUT2D eigenvalue weighted by Crippen LogP contribution is -2.23. The third-order valence-corrected chi connectivity index (χ3v) is 3.51. The van der Waals surface area contributed by atoms with Crippen molar-refractivity contribution in [3.8, 4) is 0 Å². The second kappa shape index (κ2) is 6.13. The molecule has 0 spiro atoms. The Labute approximate surface area is 82.3 Å². The molecule has 0 aromatic heterocycles. The lowest BCUT2D eigenvalue weighted by atomic mass is 10.3. The normalized spacial score (nSPS) is 15.5. The van der Waals surface area contributed by atoms with Gasteiger partial charge in [0.15, 0.2) is 0 Å². The average Bonchev–Trinajstić information content (AvgIpc) is 2.03. The molecule has 2 atom stereocenters. The molecule has 13 heavy (non-hydrogen) atoms. The summed E-state index contributed by atoms with van der Waals surface area (Å²) in [6, 6.07) is 0. The van der Waals surface area contributed by atoms with Crippen molar-refractivity contribution in [3.05, 3.63) is 0 Å². The predicted octanol–water partition coefficient (Wildman–Crippen LogP) is 1.49. The number of esters is 1. The fourth-order valence-corrected chi connectivity index (χ4v) is 2.23. The minimum atomic E-state index is -0.941. The number of hydrogen-bond donors (Lipinski definition) is 0. The van der Waals surface area contributed by atoms with Gasteiger partial charge in [-0.05, 0) is 6.92 Å². The molecule has 0 heterocycles. The smallest absolute Gasteiger partial charge is 0.306 e. The minimum absolute atomic E-state index is 0.101. The van der Waals surface area contributed by atoms with E-state index in [2.05, 4.69) is 0 Å². The van der Waals surface area contributed by atoms with Crippen LogP contribution in [0.25, 0.3) is 0 Å². The van der Waals surface area contributed by atoms with Crippen molar-refractivity contribution in [1.82, 2.24) is 0 Å². The summed E-state index contributed by atoms with van der Waals surface area (Å²) in [6.07, 6.45) is 0.249. The van der Waals surface area contributed by atoms with Crippen molar-refractivity contribution in [1.29, 1.82) is 0 Å². The van der Waals surface area contributed by atoms with Gasteiger partial charge >= 0.3 is 5.97 Å². The van der Waals surface area contributed by atoms with Gasteiger partial charge in [-0.25, -0.2) is 0 Å². The number of ether oxygens (including phenoxy) is 1. The number of carbonyl (C=O) groups excluding carboxylic acids is 1. The van der Waals surface area contributed by atoms with E-state index in [4.69, 9.17) is 4.74 Å². The molecule has 0 radical (unpaired) electrons. The van der Waals surface area contributed by atoms with Crippen molar-refractivity contribution in [2.24, 2.45) is 0 Å². The van der Waals surface area contributed by atoms with E-state index in [1.807, 2.05) is 20.8 Å². The summed E-state index contributed by atoms with van der Waals surface area (Å²) in [7, 11) is -0.941. The summed E-state index contributed by atoms with van der Waals surface area (Å²) >= 11 is 0. The highest BCUT2D eigenvalue weighted by Crippen LogP contribution is 2.07. The molecule has 0 rings (SSSR count). The first kappa shape index (κ1) is 12.6. The van der Waals surface area contributed by atoms with Gasteiger partial charge in [0.05, 0.1) is 13.0 Å². The van der Waals surface area contributed by atoms with Crippen LogP contribution in [-0.4, -0.2) is 27.3 Å². The molecule has 0 amide bonds. The monoisotopic (exact) mass is 206 g/mol. The fraction of sp³-hybridized carbons (Fsp3) is 0.889. The van der Waals surface area contributed by atoms with E-state index in [1.165, 1.54) is 0 Å². The fourth-order valence-electron chi connectivity index (χ4n) is 1.00. The zero-order valence-electron chi connectivity index (χ0n) is 8.70. The van der Waals surface area contributed by atoms with Gasteiger partial charge in [-0.3, -0.25) is 9.00 Å². The molecule has 4 heteroatoms. The van der Waals surface area contributed by atoms with Crippen LogP contribution in [0.5, 0.6) is 0 Å². The molecular weight excluding hydrogens is 188 g/mol. The Hall–Kier alpha value is -0.380. The highest BCUT2D eigenvalue weighted by atomic mass is 32.2. The highest BCUT2D eigenvalue weighted by molar-refractivity contribution is 7.86. The van der Waals surface area contributed by atoms with Crippen LogP contribution in [0, 0.1) is 0 Å². The summed E-state index contributed by atoms with van der Waals surface area (Å²) in [5.41, 5.74) is 0. The van der Waals surface area contributed by atoms with Crippen LogP contribution in [0.1, 0.15) is 34.1 Å². The van der Waals surface area contributed by atoms with E-state index >= 15 is 0 Å². The van der Waals surface area contributed by atoms with Crippen molar-refractivity contribution in [2.45, 2.75) is 44.6 Å². The zero-order valence-corrected chi connectivity index (χ0v) is 9.52. The van der Waals surface area contributed by atoms with Gasteiger partial charge in [0.1, 0.15) is 0 Å². The largest absolute Gasteiger partial charge is 0.466 e. The maximum Gasteiger partial charge on any atom is 0.306 e. The van der Waals surface area contributed by atoms with E-state index in [9.17, 15) is 9.00 Å². The van der Waals surface area contributed by atoms with Crippen LogP contribution in [-0.2, 0) is 20.3 Å². The van der Waals surface area contributed by atoms with Gasteiger partial charge in [0.2, 0.25) is 0 Å². The molecule has 78 valence electrons. The second-order valence-corrected chi connectivity index (χ2v) is 5.60. The molecule has 0 aliphatic heterocycles. The van der Waals surface area contributed by atoms with Crippen LogP contribution in [0.2, 0.25) is 0 Å². The molecule has 0 aliphatic rings. The van der Waals surface area contributed by atoms with Crippen molar-refractivity contribution in [3.63, 3.8) is 0 Å². The van der Waals surface area contributed by atoms with Gasteiger partial charge in [-0.15, -0.1) is 0 Å². The van der Waals surface area contributed by atoms with Crippen molar-refractivity contribution < 1.29 is 13.7 Å². The van der Waals surface area contributed by atoms with Crippen molar-refractivity contribution >= 4 is 16.8 Å². The van der Waals surface area contributed by atoms with Crippen LogP contribution in [0.3, 0.4) is 0 Å². The van der Waals surface area contributed by atoms with Gasteiger partial charge < -0.3 is 4.74 Å². The van der Waals surface area contributed by atoms with Crippen LogP contribution < -0.4 is 0 Å². The topological polar surface area (TPSA) is 43.4 Å². The highest BCUT2D eigenvalue weighted by Gasteiger charge is 2.18. The summed E-state index contributed by atoms with van der Waals surface area (Å²) in [4.78, 5) is 11.0. The maximum absolute atomic E-state index is 11.5. The molecule has 0 N–H and O–H groups in total. The van der Waals surface area contributed by atoms with Gasteiger partial charge in [0, 0.05) is 21.3 Å². The standard InChI is InChI=1S/C9H18O3S/c1-5-12-9(10)6-8(4)13(11)7(2)3/h7-8H,5-6H2,1-4H3. The van der Waals surface area contributed by atoms with Crippen LogP contribution in [0.4, 0.5) is 0 Å². The molecule has 0 saturated carbocycles. The first-order chi connectivity index (χ1) is 5.99. The summed E-state index contributed by atoms with van der Waals surface area (Å²) in [5, 5.41) is -0.0107. The molecule has 3 nitrogen and oxygen atoms in total. The van der Waals surface area contributed by atoms with E-state index in [-0.39, 0.29) is 22.9 Å². The van der Waals surface area contributed by atoms with Crippen LogP contribution >= 0.6 is 0 Å². The Morgan fingerprint density at radius 3 is 2.31 bits per heavy atom. The Kier molecular flexibility index (Phi) is 5.95. The molecule has 2 unspecified atom stereocenters. The van der Waals surface area contributed by atoms with Crippen molar-refractivity contribution in [2.75, 3.05) is 6.61 Å². The number of carbonyl (C=O) groups is 1. The molecule has 0 fully saturated rings. The van der Waals surface area contributed by atoms with Crippen LogP contribution in [0.15, 0.2) is 0 Å². The third kappa shape index (κ3) is 5.03. The molecule has 0 aromatic rings. The van der Waals surface area contributed by atoms with Gasteiger partial charge in [-0.2, -0.15) is 0 Å². The first-order valence-corrected chi connectivity index (χ1v) is 5.81. The zero-order chi connectivity index (χ0) is 10.4. The Morgan fingerprint density at radius 1 is 1.38 bits per heavy atom. The van der Waals surface area contributed by atoms with E-state index < -0.39 is 10.8 Å². The first-order valence-electron chi connectivity index (χ1n) is 4.54. The summed E-state index contributed by atoms with van der Waals surface area (Å²) in [6.45, 7) is 7.74. The second-order valence-electron chi connectivity index (χ2n) is 3.20. The molecule has 0 aliphatic carbocycles. The minimum Gasteiger partial charge on any atom is -0.466 e. The third-order valence-electron chi connectivity index (χ3n) is 1.62. The van der Waals surface area contributed by atoms with E-state index in [0.717, 1.165) is 0 Å². The van der Waals surface area contributed by atoms with Gasteiger partial charge in [-0.1, -0.05) is 20.8 Å². The summed E-state index contributed by atoms with van der Waals surface area (Å²) < 4.78 is 16.3. The predicted molar refractivity (Wildman–Crippen MR) is 54.0 cm³/mol. The lowest BCUT2D eigenvalue weighted by Gasteiger charge is -2.12. The lowest BCUT2D eigenvalue weighted by molar-refractivity contribution is -0.143. The van der Waals surface area contributed by atoms with E-state index in [0.29, 0.717) is 6.61 Å². The molecule has 0 bridgehead atoms.